The van der Waals surface area contributed by atoms with Crippen molar-refractivity contribution in [1.82, 2.24) is 0 Å². The average Bonchev–Trinajstić information content (AvgIpc) is 2.37. The van der Waals surface area contributed by atoms with Gasteiger partial charge >= 0.3 is 17.9 Å². The molecule has 116 valence electrons. The van der Waals surface area contributed by atoms with E-state index in [1.807, 2.05) is 22.6 Å². The number of ether oxygens (including phenoxy) is 2. The van der Waals surface area contributed by atoms with E-state index in [9.17, 15) is 14.4 Å². The highest BCUT2D eigenvalue weighted by molar-refractivity contribution is 14.1. The molecule has 8 heteroatoms. The van der Waals surface area contributed by atoms with Crippen molar-refractivity contribution in [3.8, 4) is 0 Å². The molecule has 0 amide bonds. The summed E-state index contributed by atoms with van der Waals surface area (Å²) in [6.45, 7) is 2.92. The first-order chi connectivity index (χ1) is 10.2. The second kappa shape index (κ2) is 5.95. The summed E-state index contributed by atoms with van der Waals surface area (Å²) in [6.07, 6.45) is 1.18. The van der Waals surface area contributed by atoms with Gasteiger partial charge in [-0.15, -0.1) is 0 Å². The largest absolute Gasteiger partial charge is 0.478 e. The molecule has 2 rings (SSSR count). The number of esters is 2. The molecular formula is C14H12INO6. The maximum atomic E-state index is 11.8. The molecule has 0 radical (unpaired) electrons. The van der Waals surface area contributed by atoms with Gasteiger partial charge in [0.25, 0.3) is 5.79 Å². The van der Waals surface area contributed by atoms with Crippen LogP contribution in [0.25, 0.3) is 0 Å². The van der Waals surface area contributed by atoms with Gasteiger partial charge in [-0.05, 0) is 40.8 Å². The van der Waals surface area contributed by atoms with Crippen molar-refractivity contribution < 1.29 is 29.0 Å². The van der Waals surface area contributed by atoms with Gasteiger partial charge in [-0.3, -0.25) is 0 Å². The predicted molar refractivity (Wildman–Crippen MR) is 84.1 cm³/mol. The van der Waals surface area contributed by atoms with E-state index in [-0.39, 0.29) is 11.1 Å². The lowest BCUT2D eigenvalue weighted by molar-refractivity contribution is -0.222. The Morgan fingerprint density at radius 3 is 2.36 bits per heavy atom. The molecule has 2 N–H and O–H groups in total. The normalized spacial score (nSPS) is 16.6. The van der Waals surface area contributed by atoms with Crippen molar-refractivity contribution >= 4 is 46.2 Å². The predicted octanol–water partition coefficient (Wildman–Crippen LogP) is 2.12. The highest BCUT2D eigenvalue weighted by Crippen LogP contribution is 2.24. The number of carboxylic acid groups (broad SMARTS) is 1. The maximum Gasteiger partial charge on any atom is 0.350 e. The molecule has 0 aliphatic carbocycles. The van der Waals surface area contributed by atoms with Crippen molar-refractivity contribution in [3.05, 3.63) is 39.1 Å². The van der Waals surface area contributed by atoms with Crippen molar-refractivity contribution in [2.45, 2.75) is 19.6 Å². The van der Waals surface area contributed by atoms with E-state index in [0.29, 0.717) is 9.26 Å². The fourth-order valence-electron chi connectivity index (χ4n) is 1.69. The van der Waals surface area contributed by atoms with E-state index in [2.05, 4.69) is 5.32 Å². The van der Waals surface area contributed by atoms with Crippen LogP contribution in [0.1, 0.15) is 24.2 Å². The summed E-state index contributed by atoms with van der Waals surface area (Å²) in [5.74, 6) is -3.90. The second-order valence-electron chi connectivity index (χ2n) is 4.88. The molecule has 1 aromatic carbocycles. The summed E-state index contributed by atoms with van der Waals surface area (Å²) >= 11 is 1.94. The monoisotopic (exact) mass is 417 g/mol. The van der Waals surface area contributed by atoms with Gasteiger partial charge < -0.3 is 19.9 Å². The molecule has 0 unspecified atom stereocenters. The molecule has 1 aliphatic heterocycles. The lowest BCUT2D eigenvalue weighted by atomic mass is 10.2. The Morgan fingerprint density at radius 1 is 1.27 bits per heavy atom. The minimum atomic E-state index is -1.29. The quantitative estimate of drug-likeness (QED) is 0.336. The van der Waals surface area contributed by atoms with Gasteiger partial charge in [-0.25, -0.2) is 14.4 Å². The first-order valence-corrected chi connectivity index (χ1v) is 7.24. The number of nitrogens with one attached hydrogen (secondary N) is 1. The van der Waals surface area contributed by atoms with E-state index in [1.54, 1.807) is 0 Å². The minimum Gasteiger partial charge on any atom is -0.478 e. The topological polar surface area (TPSA) is 102 Å². The van der Waals surface area contributed by atoms with Gasteiger partial charge in [0.2, 0.25) is 0 Å². The number of halogens is 1. The van der Waals surface area contributed by atoms with Gasteiger partial charge in [0.15, 0.2) is 5.57 Å². The molecule has 1 saturated heterocycles. The van der Waals surface area contributed by atoms with Gasteiger partial charge in [0.05, 0.1) is 11.3 Å². The molecule has 0 atom stereocenters. The lowest BCUT2D eigenvalue weighted by Crippen LogP contribution is -2.42. The minimum absolute atomic E-state index is 0.140. The third kappa shape index (κ3) is 3.56. The van der Waals surface area contributed by atoms with Gasteiger partial charge in [-0.1, -0.05) is 0 Å². The third-order valence-electron chi connectivity index (χ3n) is 2.70. The zero-order valence-electron chi connectivity index (χ0n) is 11.7. The number of carboxylic acids is 1. The van der Waals surface area contributed by atoms with Crippen LogP contribution in [0, 0.1) is 3.57 Å². The summed E-state index contributed by atoms with van der Waals surface area (Å²) in [7, 11) is 0. The summed E-state index contributed by atoms with van der Waals surface area (Å²) < 4.78 is 10.5. The van der Waals surface area contributed by atoms with Gasteiger partial charge in [0, 0.05) is 23.6 Å². The number of carbonyl (C=O) groups is 3. The fraction of sp³-hybridized carbons (Fsp3) is 0.214. The third-order valence-corrected chi connectivity index (χ3v) is 3.60. The molecule has 1 aliphatic rings. The van der Waals surface area contributed by atoms with Crippen LogP contribution in [-0.2, 0) is 19.1 Å². The van der Waals surface area contributed by atoms with Crippen LogP contribution < -0.4 is 5.32 Å². The van der Waals surface area contributed by atoms with Crippen LogP contribution >= 0.6 is 22.6 Å². The van der Waals surface area contributed by atoms with Crippen LogP contribution in [0.3, 0.4) is 0 Å². The zero-order valence-corrected chi connectivity index (χ0v) is 13.8. The highest BCUT2D eigenvalue weighted by Gasteiger charge is 2.38. The van der Waals surface area contributed by atoms with Crippen molar-refractivity contribution in [2.75, 3.05) is 5.32 Å². The van der Waals surface area contributed by atoms with Crippen LogP contribution in [0.5, 0.6) is 0 Å². The molecule has 1 heterocycles. The molecule has 0 aromatic heterocycles. The molecular weight excluding hydrogens is 405 g/mol. The zero-order chi connectivity index (χ0) is 16.5. The van der Waals surface area contributed by atoms with E-state index in [4.69, 9.17) is 14.6 Å². The van der Waals surface area contributed by atoms with Crippen molar-refractivity contribution in [2.24, 2.45) is 0 Å². The lowest BCUT2D eigenvalue weighted by Gasteiger charge is -2.29. The Hall–Kier alpha value is -2.10. The summed E-state index contributed by atoms with van der Waals surface area (Å²) in [6, 6.07) is 4.40. The number of aromatic carboxylic acids is 1. The Balaban J connectivity index is 2.20. The van der Waals surface area contributed by atoms with E-state index in [1.165, 1.54) is 38.2 Å². The number of hydrogen-bond acceptors (Lipinski definition) is 6. The smallest absolute Gasteiger partial charge is 0.350 e. The van der Waals surface area contributed by atoms with E-state index < -0.39 is 23.7 Å². The van der Waals surface area contributed by atoms with E-state index in [0.717, 1.165) is 0 Å². The van der Waals surface area contributed by atoms with Crippen molar-refractivity contribution in [1.29, 1.82) is 0 Å². The summed E-state index contributed by atoms with van der Waals surface area (Å²) in [4.78, 5) is 34.4. The molecule has 0 bridgehead atoms. The number of rotatable bonds is 3. The molecule has 0 saturated carbocycles. The number of cyclic esters (lactones) is 2. The molecule has 0 spiro atoms. The number of anilines is 1. The molecule has 1 aromatic rings. The Kier molecular flexibility index (Phi) is 4.40. The molecule has 22 heavy (non-hydrogen) atoms. The first kappa shape index (κ1) is 16.3. The number of hydrogen-bond donors (Lipinski definition) is 2. The Labute approximate surface area is 139 Å². The number of benzene rings is 1. The van der Waals surface area contributed by atoms with Crippen LogP contribution in [0.15, 0.2) is 30.0 Å². The van der Waals surface area contributed by atoms with Crippen molar-refractivity contribution in [3.63, 3.8) is 0 Å². The first-order valence-electron chi connectivity index (χ1n) is 6.16. The van der Waals surface area contributed by atoms with Crippen LogP contribution in [0.2, 0.25) is 0 Å². The number of carbonyl (C=O) groups excluding carboxylic acids is 2. The van der Waals surface area contributed by atoms with Gasteiger partial charge in [0.1, 0.15) is 0 Å². The highest BCUT2D eigenvalue weighted by atomic mass is 127. The molecule has 7 nitrogen and oxygen atoms in total. The average molecular weight is 417 g/mol. The SMILES string of the molecule is CC1(C)OC(=O)C(=CNc2ccc(C(=O)O)cc2I)C(=O)O1. The fourth-order valence-corrected chi connectivity index (χ4v) is 2.36. The molecule has 1 fully saturated rings. The second-order valence-corrected chi connectivity index (χ2v) is 6.04. The Morgan fingerprint density at radius 2 is 1.86 bits per heavy atom. The van der Waals surface area contributed by atoms with Crippen LogP contribution in [-0.4, -0.2) is 28.8 Å². The maximum absolute atomic E-state index is 11.8. The standard InChI is InChI=1S/C14H12INO6/c1-14(2)21-12(19)8(13(20)22-14)6-16-10-4-3-7(11(17)18)5-9(10)15/h3-6,16H,1-2H3,(H,17,18). The summed E-state index contributed by atoms with van der Waals surface area (Å²) in [5, 5.41) is 11.7. The van der Waals surface area contributed by atoms with Gasteiger partial charge in [-0.2, -0.15) is 0 Å². The van der Waals surface area contributed by atoms with E-state index >= 15 is 0 Å². The summed E-state index contributed by atoms with van der Waals surface area (Å²) in [5.41, 5.74) is 0.418. The Bertz CT molecular complexity index is 673. The van der Waals surface area contributed by atoms with Crippen LogP contribution in [0.4, 0.5) is 5.69 Å².